The average Bonchev–Trinajstić information content (AvgIpc) is 2.81. The number of aromatic nitrogens is 2. The summed E-state index contributed by atoms with van der Waals surface area (Å²) in [6.45, 7) is 4.43. The van der Waals surface area contributed by atoms with Gasteiger partial charge in [-0.2, -0.15) is 0 Å². The fourth-order valence-electron chi connectivity index (χ4n) is 1.83. The minimum atomic E-state index is -0.155. The normalized spacial score (nSPS) is 10.6. The van der Waals surface area contributed by atoms with Crippen LogP contribution in [0, 0.1) is 6.92 Å². The second kappa shape index (κ2) is 6.81. The number of carbonyl (C=O) groups excluding carboxylic acids is 1. The van der Waals surface area contributed by atoms with Crippen LogP contribution in [0.2, 0.25) is 5.15 Å². The number of nitrogens with one attached hydrogen (secondary N) is 1. The molecule has 0 atom stereocenters. The minimum Gasteiger partial charge on any atom is -0.346 e. The van der Waals surface area contributed by atoms with Crippen molar-refractivity contribution in [3.8, 4) is 0 Å². The van der Waals surface area contributed by atoms with E-state index in [1.807, 2.05) is 12.3 Å². The lowest BCUT2D eigenvalue weighted by molar-refractivity contribution is 0.0950. The van der Waals surface area contributed by atoms with Gasteiger partial charge in [0, 0.05) is 16.6 Å². The van der Waals surface area contributed by atoms with Gasteiger partial charge >= 0.3 is 0 Å². The van der Waals surface area contributed by atoms with Gasteiger partial charge in [0.25, 0.3) is 5.91 Å². The number of hydrogen-bond donors (Lipinski definition) is 1. The van der Waals surface area contributed by atoms with Crippen molar-refractivity contribution in [1.29, 1.82) is 0 Å². The summed E-state index contributed by atoms with van der Waals surface area (Å²) < 4.78 is 0. The van der Waals surface area contributed by atoms with E-state index in [1.54, 1.807) is 23.5 Å². The van der Waals surface area contributed by atoms with Gasteiger partial charge in [-0.1, -0.05) is 24.9 Å². The molecule has 0 aliphatic rings. The number of hydrogen-bond acceptors (Lipinski definition) is 4. The van der Waals surface area contributed by atoms with Gasteiger partial charge in [-0.05, 0) is 25.5 Å². The summed E-state index contributed by atoms with van der Waals surface area (Å²) in [6.07, 6.45) is 1.78. The Balaban J connectivity index is 2.04. The molecular formula is C14H16ClN3OS. The van der Waals surface area contributed by atoms with Gasteiger partial charge in [-0.15, -0.1) is 11.3 Å². The number of carbonyl (C=O) groups is 1. The highest BCUT2D eigenvalue weighted by Gasteiger charge is 2.09. The monoisotopic (exact) mass is 309 g/mol. The Morgan fingerprint density at radius 1 is 1.35 bits per heavy atom. The van der Waals surface area contributed by atoms with E-state index < -0.39 is 0 Å². The van der Waals surface area contributed by atoms with E-state index in [0.29, 0.717) is 17.3 Å². The Bertz CT molecular complexity index is 612. The molecular weight excluding hydrogens is 294 g/mol. The van der Waals surface area contributed by atoms with Gasteiger partial charge < -0.3 is 5.32 Å². The molecule has 20 heavy (non-hydrogen) atoms. The van der Waals surface area contributed by atoms with Crippen LogP contribution in [-0.2, 0) is 13.0 Å². The zero-order valence-electron chi connectivity index (χ0n) is 11.4. The first-order valence-electron chi connectivity index (χ1n) is 6.44. The van der Waals surface area contributed by atoms with Crippen LogP contribution in [0.5, 0.6) is 0 Å². The molecule has 4 nitrogen and oxygen atoms in total. The molecule has 0 saturated carbocycles. The van der Waals surface area contributed by atoms with Crippen molar-refractivity contribution in [3.63, 3.8) is 0 Å². The summed E-state index contributed by atoms with van der Waals surface area (Å²) >= 11 is 7.52. The third-order valence-corrected chi connectivity index (χ3v) is 3.73. The van der Waals surface area contributed by atoms with Gasteiger partial charge in [0.05, 0.1) is 17.2 Å². The van der Waals surface area contributed by atoms with Crippen molar-refractivity contribution in [2.45, 2.75) is 33.2 Å². The molecule has 2 aromatic heterocycles. The van der Waals surface area contributed by atoms with Crippen molar-refractivity contribution in [2.75, 3.05) is 0 Å². The molecule has 0 radical (unpaired) electrons. The maximum atomic E-state index is 12.1. The average molecular weight is 310 g/mol. The summed E-state index contributed by atoms with van der Waals surface area (Å²) in [4.78, 5) is 20.6. The third kappa shape index (κ3) is 4.02. The van der Waals surface area contributed by atoms with E-state index in [0.717, 1.165) is 29.2 Å². The molecule has 2 heterocycles. The van der Waals surface area contributed by atoms with Crippen LogP contribution in [0.1, 0.15) is 40.1 Å². The number of halogens is 1. The predicted molar refractivity (Wildman–Crippen MR) is 81.3 cm³/mol. The summed E-state index contributed by atoms with van der Waals surface area (Å²) in [5, 5.41) is 6.13. The highest BCUT2D eigenvalue weighted by atomic mass is 35.5. The number of thiazole rings is 1. The van der Waals surface area contributed by atoms with Gasteiger partial charge in [-0.3, -0.25) is 4.79 Å². The first-order chi connectivity index (χ1) is 9.58. The lowest BCUT2D eigenvalue weighted by atomic mass is 10.1. The molecule has 106 valence electrons. The lowest BCUT2D eigenvalue weighted by Gasteiger charge is -2.06. The van der Waals surface area contributed by atoms with Crippen molar-refractivity contribution in [2.24, 2.45) is 0 Å². The first kappa shape index (κ1) is 14.9. The fraction of sp³-hybridized carbons (Fsp3) is 0.357. The second-order valence-corrected chi connectivity index (χ2v) is 5.91. The van der Waals surface area contributed by atoms with Crippen LogP contribution in [0.15, 0.2) is 17.5 Å². The molecule has 6 heteroatoms. The topological polar surface area (TPSA) is 54.9 Å². The Kier molecular flexibility index (Phi) is 5.09. The zero-order valence-corrected chi connectivity index (χ0v) is 13.0. The largest absolute Gasteiger partial charge is 0.346 e. The van der Waals surface area contributed by atoms with Gasteiger partial charge in [0.15, 0.2) is 0 Å². The summed E-state index contributed by atoms with van der Waals surface area (Å²) in [5.41, 5.74) is 2.25. The highest BCUT2D eigenvalue weighted by molar-refractivity contribution is 7.09. The van der Waals surface area contributed by atoms with E-state index in [4.69, 9.17) is 11.6 Å². The number of amides is 1. The van der Waals surface area contributed by atoms with E-state index in [-0.39, 0.29) is 5.91 Å². The SMILES string of the molecule is CCCc1cc(C(=O)NCc2csc(C)n2)cc(Cl)n1. The van der Waals surface area contributed by atoms with Gasteiger partial charge in [0.1, 0.15) is 5.15 Å². The molecule has 0 aliphatic carbocycles. The Morgan fingerprint density at radius 2 is 2.15 bits per heavy atom. The standard InChI is InChI=1S/C14H16ClN3OS/c1-3-4-11-5-10(6-13(15)18-11)14(19)16-7-12-8-20-9(2)17-12/h5-6,8H,3-4,7H2,1-2H3,(H,16,19). The molecule has 0 saturated heterocycles. The van der Waals surface area contributed by atoms with Crippen molar-refractivity contribution in [1.82, 2.24) is 15.3 Å². The molecule has 2 aromatic rings. The van der Waals surface area contributed by atoms with E-state index in [2.05, 4.69) is 22.2 Å². The van der Waals surface area contributed by atoms with Crippen molar-refractivity contribution in [3.05, 3.63) is 44.6 Å². The Morgan fingerprint density at radius 3 is 2.80 bits per heavy atom. The second-order valence-electron chi connectivity index (χ2n) is 4.46. The number of nitrogens with zero attached hydrogens (tertiary/aromatic N) is 2. The smallest absolute Gasteiger partial charge is 0.251 e. The highest BCUT2D eigenvalue weighted by Crippen LogP contribution is 2.13. The van der Waals surface area contributed by atoms with E-state index in [1.165, 1.54) is 0 Å². The van der Waals surface area contributed by atoms with Crippen molar-refractivity contribution >= 4 is 28.8 Å². The van der Waals surface area contributed by atoms with Gasteiger partial charge in [-0.25, -0.2) is 9.97 Å². The van der Waals surface area contributed by atoms with Gasteiger partial charge in [0.2, 0.25) is 0 Å². The molecule has 1 amide bonds. The van der Waals surface area contributed by atoms with Crippen LogP contribution in [0.25, 0.3) is 0 Å². The molecule has 0 unspecified atom stereocenters. The lowest BCUT2D eigenvalue weighted by Crippen LogP contribution is -2.23. The summed E-state index contributed by atoms with van der Waals surface area (Å²) in [7, 11) is 0. The molecule has 1 N–H and O–H groups in total. The number of pyridine rings is 1. The number of rotatable bonds is 5. The minimum absolute atomic E-state index is 0.155. The molecule has 0 aliphatic heterocycles. The van der Waals surface area contributed by atoms with Crippen LogP contribution in [-0.4, -0.2) is 15.9 Å². The third-order valence-electron chi connectivity index (χ3n) is 2.71. The van der Waals surface area contributed by atoms with Crippen LogP contribution >= 0.6 is 22.9 Å². The summed E-state index contributed by atoms with van der Waals surface area (Å²) in [5.74, 6) is -0.155. The molecule has 0 spiro atoms. The number of aryl methyl sites for hydroxylation is 2. The van der Waals surface area contributed by atoms with Crippen LogP contribution < -0.4 is 5.32 Å². The fourth-order valence-corrected chi connectivity index (χ4v) is 2.67. The summed E-state index contributed by atoms with van der Waals surface area (Å²) in [6, 6.07) is 3.37. The quantitative estimate of drug-likeness (QED) is 0.861. The predicted octanol–water partition coefficient (Wildman–Crippen LogP) is 3.38. The maximum Gasteiger partial charge on any atom is 0.251 e. The molecule has 0 fully saturated rings. The maximum absolute atomic E-state index is 12.1. The zero-order chi connectivity index (χ0) is 14.5. The Hall–Kier alpha value is -1.46. The van der Waals surface area contributed by atoms with Crippen LogP contribution in [0.4, 0.5) is 0 Å². The van der Waals surface area contributed by atoms with Crippen molar-refractivity contribution < 1.29 is 4.79 Å². The molecule has 2 rings (SSSR count). The van der Waals surface area contributed by atoms with E-state index in [9.17, 15) is 4.79 Å². The molecule has 0 aromatic carbocycles. The van der Waals surface area contributed by atoms with E-state index >= 15 is 0 Å². The first-order valence-corrected chi connectivity index (χ1v) is 7.70. The Labute approximate surface area is 127 Å². The molecule has 0 bridgehead atoms. The van der Waals surface area contributed by atoms with Crippen LogP contribution in [0.3, 0.4) is 0 Å².